The Morgan fingerprint density at radius 2 is 2.24 bits per heavy atom. The average molecular weight is 398 g/mol. The molecule has 0 amide bonds. The molecule has 2 aliphatic heterocycles. The Kier molecular flexibility index (Phi) is 7.23. The smallest absolute Gasteiger partial charge is 0.131 e. The predicted molar refractivity (Wildman–Crippen MR) is 119 cm³/mol. The summed E-state index contributed by atoms with van der Waals surface area (Å²) in [5, 5.41) is 6.87. The summed E-state index contributed by atoms with van der Waals surface area (Å²) in [6.07, 6.45) is 6.75. The van der Waals surface area contributed by atoms with Gasteiger partial charge in [0.15, 0.2) is 0 Å². The van der Waals surface area contributed by atoms with Gasteiger partial charge < -0.3 is 15.5 Å². The third-order valence-corrected chi connectivity index (χ3v) is 5.30. The number of halogens is 1. The van der Waals surface area contributed by atoms with Crippen LogP contribution in [-0.4, -0.2) is 61.4 Å². The van der Waals surface area contributed by atoms with E-state index in [4.69, 9.17) is 4.99 Å². The van der Waals surface area contributed by atoms with E-state index >= 15 is 0 Å². The van der Waals surface area contributed by atoms with E-state index in [1.807, 2.05) is 37.2 Å². The molecular formula is C23H32FN5. The molecule has 2 N–H and O–H groups in total. The van der Waals surface area contributed by atoms with Gasteiger partial charge in [0.1, 0.15) is 17.5 Å². The molecule has 1 saturated heterocycles. The fraction of sp³-hybridized carbons (Fsp3) is 0.435. The second-order valence-corrected chi connectivity index (χ2v) is 7.78. The summed E-state index contributed by atoms with van der Waals surface area (Å²) in [5.41, 5.74) is 2.26. The van der Waals surface area contributed by atoms with Crippen LogP contribution in [0.1, 0.15) is 24.5 Å². The summed E-state index contributed by atoms with van der Waals surface area (Å²) in [7, 11) is 1.93. The van der Waals surface area contributed by atoms with Crippen molar-refractivity contribution in [2.24, 2.45) is 4.99 Å². The van der Waals surface area contributed by atoms with E-state index in [0.29, 0.717) is 11.6 Å². The van der Waals surface area contributed by atoms with Crippen molar-refractivity contribution in [1.82, 2.24) is 20.4 Å². The monoisotopic (exact) mass is 397 g/mol. The van der Waals surface area contributed by atoms with Gasteiger partial charge in [-0.2, -0.15) is 0 Å². The van der Waals surface area contributed by atoms with Crippen LogP contribution < -0.4 is 10.6 Å². The SMILES string of the molecule is C=C/C(=C1/NC(=NCCN2CCCNC(C)C2)C=CN1C)c1cc(C)ccc1F. The van der Waals surface area contributed by atoms with Crippen LogP contribution in [0.25, 0.3) is 5.57 Å². The molecule has 0 spiro atoms. The van der Waals surface area contributed by atoms with Crippen molar-refractivity contribution in [3.63, 3.8) is 0 Å². The van der Waals surface area contributed by atoms with Gasteiger partial charge in [0.05, 0.1) is 6.54 Å². The van der Waals surface area contributed by atoms with Crippen molar-refractivity contribution in [3.8, 4) is 0 Å². The molecule has 29 heavy (non-hydrogen) atoms. The molecule has 0 aromatic heterocycles. The summed E-state index contributed by atoms with van der Waals surface area (Å²) < 4.78 is 14.5. The van der Waals surface area contributed by atoms with Gasteiger partial charge in [-0.05, 0) is 51.6 Å². The first-order valence-electron chi connectivity index (χ1n) is 10.3. The lowest BCUT2D eigenvalue weighted by Gasteiger charge is -2.27. The first-order chi connectivity index (χ1) is 14.0. The summed E-state index contributed by atoms with van der Waals surface area (Å²) in [6, 6.07) is 5.63. The topological polar surface area (TPSA) is 42.9 Å². The van der Waals surface area contributed by atoms with Gasteiger partial charge in [0, 0.05) is 43.5 Å². The number of hydrogen-bond acceptors (Lipinski definition) is 4. The van der Waals surface area contributed by atoms with Crippen molar-refractivity contribution in [2.75, 3.05) is 39.8 Å². The lowest BCUT2D eigenvalue weighted by molar-refractivity contribution is 0.280. The first kappa shape index (κ1) is 21.3. The van der Waals surface area contributed by atoms with Crippen LogP contribution in [0.2, 0.25) is 0 Å². The highest BCUT2D eigenvalue weighted by Gasteiger charge is 2.18. The van der Waals surface area contributed by atoms with Gasteiger partial charge in [-0.15, -0.1) is 0 Å². The highest BCUT2D eigenvalue weighted by molar-refractivity contribution is 5.96. The molecule has 5 nitrogen and oxygen atoms in total. The van der Waals surface area contributed by atoms with Crippen LogP contribution in [0.15, 0.2) is 53.9 Å². The van der Waals surface area contributed by atoms with Crippen LogP contribution in [0.4, 0.5) is 4.39 Å². The highest BCUT2D eigenvalue weighted by atomic mass is 19.1. The number of allylic oxidation sites excluding steroid dienone is 2. The van der Waals surface area contributed by atoms with E-state index < -0.39 is 0 Å². The molecule has 1 unspecified atom stereocenters. The van der Waals surface area contributed by atoms with Gasteiger partial charge in [-0.1, -0.05) is 24.3 Å². The Labute approximate surface area is 173 Å². The minimum atomic E-state index is -0.259. The Balaban J connectivity index is 1.75. The zero-order chi connectivity index (χ0) is 20.8. The van der Waals surface area contributed by atoms with E-state index in [-0.39, 0.29) is 5.82 Å². The fourth-order valence-corrected chi connectivity index (χ4v) is 3.75. The second-order valence-electron chi connectivity index (χ2n) is 7.78. The first-order valence-corrected chi connectivity index (χ1v) is 10.3. The van der Waals surface area contributed by atoms with Crippen LogP contribution >= 0.6 is 0 Å². The Morgan fingerprint density at radius 1 is 1.41 bits per heavy atom. The van der Waals surface area contributed by atoms with Crippen LogP contribution in [0, 0.1) is 12.7 Å². The summed E-state index contributed by atoms with van der Waals surface area (Å²) in [5.74, 6) is 1.30. The average Bonchev–Trinajstić information content (AvgIpc) is 2.91. The number of nitrogens with zero attached hydrogens (tertiary/aromatic N) is 3. The van der Waals surface area contributed by atoms with Gasteiger partial charge >= 0.3 is 0 Å². The molecule has 2 aliphatic rings. The number of aryl methyl sites for hydroxylation is 1. The standard InChI is InChI=1S/C23H32FN5/c1-5-19(20-15-17(2)7-8-21(20)24)23-27-22(9-13-28(23)4)26-11-14-29-12-6-10-25-18(3)16-29/h5,7-9,13,15,18,25H,1,6,10-12,14,16H2,2-4H3,(H,26,27)/b23-19+. The number of nitrogens with one attached hydrogen (secondary N) is 2. The zero-order valence-corrected chi connectivity index (χ0v) is 17.7. The van der Waals surface area contributed by atoms with Crippen molar-refractivity contribution in [1.29, 1.82) is 0 Å². The largest absolute Gasteiger partial charge is 0.337 e. The Hall–Kier alpha value is -2.44. The molecule has 3 rings (SSSR count). The minimum absolute atomic E-state index is 0.259. The van der Waals surface area contributed by atoms with Crippen LogP contribution in [0.5, 0.6) is 0 Å². The van der Waals surface area contributed by atoms with E-state index in [1.165, 1.54) is 12.5 Å². The fourth-order valence-electron chi connectivity index (χ4n) is 3.75. The molecule has 1 fully saturated rings. The van der Waals surface area contributed by atoms with Crippen molar-refractivity contribution in [2.45, 2.75) is 26.3 Å². The zero-order valence-electron chi connectivity index (χ0n) is 17.7. The lowest BCUT2D eigenvalue weighted by atomic mass is 10.0. The van der Waals surface area contributed by atoms with Gasteiger partial charge in [0.25, 0.3) is 0 Å². The molecule has 1 aromatic carbocycles. The quantitative estimate of drug-likeness (QED) is 0.801. The summed E-state index contributed by atoms with van der Waals surface area (Å²) in [4.78, 5) is 9.13. The molecule has 0 radical (unpaired) electrons. The summed E-state index contributed by atoms with van der Waals surface area (Å²) in [6.45, 7) is 13.0. The Morgan fingerprint density at radius 3 is 3.03 bits per heavy atom. The lowest BCUT2D eigenvalue weighted by Crippen LogP contribution is -2.37. The molecule has 0 aliphatic carbocycles. The van der Waals surface area contributed by atoms with E-state index in [0.717, 1.165) is 55.5 Å². The third kappa shape index (κ3) is 5.55. The number of benzene rings is 1. The minimum Gasteiger partial charge on any atom is -0.337 e. The van der Waals surface area contributed by atoms with Crippen LogP contribution in [0.3, 0.4) is 0 Å². The van der Waals surface area contributed by atoms with Crippen molar-refractivity contribution >= 4 is 11.4 Å². The predicted octanol–water partition coefficient (Wildman–Crippen LogP) is 3.12. The number of rotatable bonds is 5. The third-order valence-electron chi connectivity index (χ3n) is 5.30. The van der Waals surface area contributed by atoms with Crippen molar-refractivity contribution < 1.29 is 4.39 Å². The maximum absolute atomic E-state index is 14.5. The molecule has 1 atom stereocenters. The maximum Gasteiger partial charge on any atom is 0.131 e. The molecule has 156 valence electrons. The maximum atomic E-state index is 14.5. The van der Waals surface area contributed by atoms with E-state index in [2.05, 4.69) is 29.0 Å². The molecular weight excluding hydrogens is 365 g/mol. The normalized spacial score (nSPS) is 23.7. The molecule has 2 heterocycles. The number of aliphatic imine (C=N–C) groups is 1. The Bertz CT molecular complexity index is 827. The number of hydrogen-bond donors (Lipinski definition) is 2. The van der Waals surface area contributed by atoms with Gasteiger partial charge in [0.2, 0.25) is 0 Å². The van der Waals surface area contributed by atoms with Gasteiger partial charge in [-0.25, -0.2) is 4.39 Å². The summed E-state index contributed by atoms with van der Waals surface area (Å²) >= 11 is 0. The van der Waals surface area contributed by atoms with E-state index in [9.17, 15) is 4.39 Å². The van der Waals surface area contributed by atoms with Crippen LogP contribution in [-0.2, 0) is 0 Å². The van der Waals surface area contributed by atoms with Crippen molar-refractivity contribution in [3.05, 3.63) is 65.9 Å². The number of amidine groups is 1. The molecule has 0 bridgehead atoms. The molecule has 1 aromatic rings. The second kappa shape index (κ2) is 9.85. The van der Waals surface area contributed by atoms with E-state index in [1.54, 1.807) is 12.1 Å². The molecule has 6 heteroatoms. The highest BCUT2D eigenvalue weighted by Crippen LogP contribution is 2.25. The molecule has 0 saturated carbocycles. The van der Waals surface area contributed by atoms with Gasteiger partial charge in [-0.3, -0.25) is 9.89 Å².